The summed E-state index contributed by atoms with van der Waals surface area (Å²) in [6.45, 7) is 39.5. The fraction of sp³-hybridized carbons (Fsp3) is 0.444. The molecule has 6 aromatic carbocycles. The maximum absolute atomic E-state index is 13.8. The molecule has 14 nitrogen and oxygen atoms in total. The minimum Gasteiger partial charge on any atom is -0.464 e. The standard InChI is InChI=1S/2C36H45N3O4/c1-34(2,3)42-32(40)38-20-18-37(19-21-38)24-25-14-17-30-29(22-25)36(7,8)28-16-15-27(26-12-10-9-11-13-26)23-31(28)39(30)33(41)43-35(4,5)6;1-34(2,3)30-26(23-37-18-20-38(21-19-37)33(42)43-35(4,5)6)15-17-28-31(30)36(7,8)27-16-14-25(24-12-10-9-11-13-24)22-29(27)39(28)32(40)41/h9-17,22-23H,18-21,24H2,1-8H3;9-17,22H,18-21,23H2,1-8H3,(H,40,41). The maximum Gasteiger partial charge on any atom is 0.419 e. The number of hydrogen-bond acceptors (Lipinski definition) is 9. The van der Waals surface area contributed by atoms with Crippen LogP contribution in [0.4, 0.5) is 41.9 Å². The normalized spacial score (nSPS) is 16.8. The number of fused-ring (bicyclic) bond motifs is 4. The Labute approximate surface area is 510 Å². The molecule has 0 bridgehead atoms. The monoisotopic (exact) mass is 1170 g/mol. The second-order valence-electron chi connectivity index (χ2n) is 28.5. The van der Waals surface area contributed by atoms with Crippen molar-refractivity contribution in [2.45, 2.75) is 157 Å². The largest absolute Gasteiger partial charge is 0.464 e. The lowest BCUT2D eigenvalue weighted by Gasteiger charge is -2.44. The average molecular weight is 1170 g/mol. The van der Waals surface area contributed by atoms with Gasteiger partial charge in [-0.15, -0.1) is 0 Å². The molecule has 10 rings (SSSR count). The van der Waals surface area contributed by atoms with Crippen molar-refractivity contribution in [1.82, 2.24) is 19.6 Å². The van der Waals surface area contributed by atoms with E-state index in [2.05, 4.69) is 125 Å². The fourth-order valence-corrected chi connectivity index (χ4v) is 12.5. The summed E-state index contributed by atoms with van der Waals surface area (Å²) < 4.78 is 17.1. The molecular weight excluding hydrogens is 1080 g/mol. The Kier molecular flexibility index (Phi) is 17.5. The molecule has 0 aliphatic carbocycles. The molecule has 0 aromatic heterocycles. The number of hydrogen-bond donors (Lipinski definition) is 1. The molecule has 86 heavy (non-hydrogen) atoms. The minimum absolute atomic E-state index is 0.234. The zero-order valence-electron chi connectivity index (χ0n) is 53.7. The average Bonchev–Trinajstić information content (AvgIpc) is 1.08. The number of anilines is 4. The zero-order chi connectivity index (χ0) is 62.5. The first-order chi connectivity index (χ1) is 40.2. The van der Waals surface area contributed by atoms with Crippen molar-refractivity contribution in [1.29, 1.82) is 0 Å². The molecule has 2 fully saturated rings. The second-order valence-corrected chi connectivity index (χ2v) is 28.5. The van der Waals surface area contributed by atoms with E-state index in [0.717, 1.165) is 101 Å². The first-order valence-corrected chi connectivity index (χ1v) is 30.4. The molecule has 4 amide bonds. The van der Waals surface area contributed by atoms with Gasteiger partial charge in [-0.2, -0.15) is 0 Å². The smallest absolute Gasteiger partial charge is 0.419 e. The summed E-state index contributed by atoms with van der Waals surface area (Å²) in [5.41, 5.74) is 12.4. The third-order valence-electron chi connectivity index (χ3n) is 16.5. The van der Waals surface area contributed by atoms with Crippen LogP contribution in [-0.2, 0) is 43.5 Å². The van der Waals surface area contributed by atoms with Crippen LogP contribution in [0.25, 0.3) is 22.3 Å². The molecule has 456 valence electrons. The van der Waals surface area contributed by atoms with E-state index in [0.29, 0.717) is 31.9 Å². The SMILES string of the molecule is CC(C)(C)OC(=O)N1CCN(Cc2ccc3c(c2)C(C)(C)c2ccc(-c4ccccc4)cc2N3C(=O)OC(C)(C)C)CC1.CC(C)(C)OC(=O)N1CCN(Cc2ccc3c(c2C(C)(C)C)C(C)(C)c2ccc(-c4ccccc4)cc2N3C(=O)O)CC1. The molecule has 4 aliphatic rings. The molecule has 4 heterocycles. The Morgan fingerprint density at radius 1 is 0.430 bits per heavy atom. The summed E-state index contributed by atoms with van der Waals surface area (Å²) in [7, 11) is 0. The molecule has 2 saturated heterocycles. The quantitative estimate of drug-likeness (QED) is 0.161. The van der Waals surface area contributed by atoms with Crippen molar-refractivity contribution < 1.29 is 38.5 Å². The van der Waals surface area contributed by atoms with Gasteiger partial charge in [-0.1, -0.05) is 152 Å². The van der Waals surface area contributed by atoms with E-state index >= 15 is 0 Å². The van der Waals surface area contributed by atoms with E-state index in [9.17, 15) is 24.3 Å². The van der Waals surface area contributed by atoms with Gasteiger partial charge >= 0.3 is 24.4 Å². The number of benzene rings is 6. The van der Waals surface area contributed by atoms with Crippen molar-refractivity contribution in [2.75, 3.05) is 62.2 Å². The van der Waals surface area contributed by atoms with E-state index in [-0.39, 0.29) is 29.1 Å². The first-order valence-electron chi connectivity index (χ1n) is 30.4. The number of carboxylic acid groups (broad SMARTS) is 1. The molecular formula is C72H90N6O8. The van der Waals surface area contributed by atoms with E-state index in [1.165, 1.54) is 21.6 Å². The Morgan fingerprint density at radius 3 is 1.31 bits per heavy atom. The number of carbonyl (C=O) groups excluding carboxylic acids is 3. The van der Waals surface area contributed by atoms with Gasteiger partial charge in [0.15, 0.2) is 0 Å². The van der Waals surface area contributed by atoms with E-state index < -0.39 is 28.3 Å². The summed E-state index contributed by atoms with van der Waals surface area (Å²) in [5, 5.41) is 10.6. The number of piperazine rings is 2. The lowest BCUT2D eigenvalue weighted by Crippen LogP contribution is -2.49. The lowest BCUT2D eigenvalue weighted by molar-refractivity contribution is 0.0129. The number of ether oxygens (including phenoxy) is 3. The third-order valence-corrected chi connectivity index (χ3v) is 16.5. The summed E-state index contributed by atoms with van der Waals surface area (Å²) in [6, 6.07) is 43.4. The van der Waals surface area contributed by atoms with E-state index in [1.807, 2.05) is 123 Å². The molecule has 6 aromatic rings. The zero-order valence-corrected chi connectivity index (χ0v) is 53.7. The van der Waals surface area contributed by atoms with Crippen molar-refractivity contribution in [2.24, 2.45) is 0 Å². The molecule has 0 radical (unpaired) electrons. The second kappa shape index (κ2) is 23.9. The molecule has 4 aliphatic heterocycles. The van der Waals surface area contributed by atoms with Crippen LogP contribution in [0, 0.1) is 0 Å². The highest BCUT2D eigenvalue weighted by Gasteiger charge is 2.44. The van der Waals surface area contributed by atoms with Crippen LogP contribution >= 0.6 is 0 Å². The van der Waals surface area contributed by atoms with E-state index in [1.54, 1.807) is 14.7 Å². The van der Waals surface area contributed by atoms with Gasteiger partial charge < -0.3 is 29.1 Å². The Balaban J connectivity index is 0.000000205. The van der Waals surface area contributed by atoms with Crippen molar-refractivity contribution in [3.63, 3.8) is 0 Å². The maximum atomic E-state index is 13.8. The summed E-state index contributed by atoms with van der Waals surface area (Å²) in [4.78, 5) is 63.5. The van der Waals surface area contributed by atoms with Crippen LogP contribution in [0.15, 0.2) is 127 Å². The number of carbonyl (C=O) groups is 4. The van der Waals surface area contributed by atoms with Crippen LogP contribution in [-0.4, -0.2) is 118 Å². The lowest BCUT2D eigenvalue weighted by atomic mass is 9.66. The molecule has 0 atom stereocenters. The van der Waals surface area contributed by atoms with Gasteiger partial charge in [0.05, 0.1) is 22.7 Å². The number of rotatable bonds is 6. The number of amides is 4. The topological polar surface area (TPSA) is 136 Å². The highest BCUT2D eigenvalue weighted by molar-refractivity contribution is 6.02. The third kappa shape index (κ3) is 13.8. The summed E-state index contributed by atoms with van der Waals surface area (Å²) in [5.74, 6) is 0. The van der Waals surface area contributed by atoms with Gasteiger partial charge in [-0.3, -0.25) is 9.80 Å². The Morgan fingerprint density at radius 2 is 0.860 bits per heavy atom. The summed E-state index contributed by atoms with van der Waals surface area (Å²) in [6.07, 6.45) is -1.89. The molecule has 0 saturated carbocycles. The van der Waals surface area contributed by atoms with Crippen molar-refractivity contribution in [3.05, 3.63) is 166 Å². The highest BCUT2D eigenvalue weighted by atomic mass is 16.6. The molecule has 14 heteroatoms. The van der Waals surface area contributed by atoms with Crippen molar-refractivity contribution in [3.8, 4) is 22.3 Å². The minimum atomic E-state index is -0.992. The van der Waals surface area contributed by atoms with Crippen LogP contribution in [0.3, 0.4) is 0 Å². The van der Waals surface area contributed by atoms with Crippen LogP contribution in [0.5, 0.6) is 0 Å². The van der Waals surface area contributed by atoms with Crippen LogP contribution < -0.4 is 9.80 Å². The van der Waals surface area contributed by atoms with Gasteiger partial charge in [0, 0.05) is 76.3 Å². The van der Waals surface area contributed by atoms with Crippen LogP contribution in [0.2, 0.25) is 0 Å². The molecule has 0 unspecified atom stereocenters. The molecule has 1 N–H and O–H groups in total. The van der Waals surface area contributed by atoms with Gasteiger partial charge in [0.2, 0.25) is 0 Å². The van der Waals surface area contributed by atoms with E-state index in [4.69, 9.17) is 14.2 Å². The van der Waals surface area contributed by atoms with Gasteiger partial charge in [0.25, 0.3) is 0 Å². The summed E-state index contributed by atoms with van der Waals surface area (Å²) >= 11 is 0. The van der Waals surface area contributed by atoms with Crippen molar-refractivity contribution >= 4 is 47.1 Å². The van der Waals surface area contributed by atoms with Gasteiger partial charge in [-0.25, -0.2) is 29.0 Å². The van der Waals surface area contributed by atoms with Gasteiger partial charge in [-0.05, 0) is 153 Å². The number of nitrogens with zero attached hydrogens (tertiary/aromatic N) is 6. The fourth-order valence-electron chi connectivity index (χ4n) is 12.5. The molecule has 0 spiro atoms. The predicted molar refractivity (Wildman–Crippen MR) is 344 cm³/mol. The first kappa shape index (κ1) is 62.8. The Hall–Kier alpha value is -7.68. The predicted octanol–water partition coefficient (Wildman–Crippen LogP) is 16.3. The highest BCUT2D eigenvalue weighted by Crippen LogP contribution is 2.54. The van der Waals surface area contributed by atoms with Crippen LogP contribution in [0.1, 0.15) is 150 Å². The van der Waals surface area contributed by atoms with Gasteiger partial charge in [0.1, 0.15) is 16.8 Å². The Bertz CT molecular complexity index is 3480.